The summed E-state index contributed by atoms with van der Waals surface area (Å²) in [6.07, 6.45) is -0.284. The molecule has 2 aliphatic rings. The summed E-state index contributed by atoms with van der Waals surface area (Å²) in [5, 5.41) is 3.17. The number of alkyl halides is 3. The Balaban J connectivity index is 1.19. The monoisotopic (exact) mass is 489 g/mol. The van der Waals surface area contributed by atoms with Crippen LogP contribution in [0.25, 0.3) is 0 Å². The Morgan fingerprint density at radius 3 is 2.49 bits per heavy atom. The molecular weight excluding hydrogens is 455 g/mol. The van der Waals surface area contributed by atoms with Crippen LogP contribution in [-0.4, -0.2) is 72.5 Å². The van der Waals surface area contributed by atoms with Crippen LogP contribution < -0.4 is 10.2 Å². The number of likely N-dealkylation sites (tertiary alicyclic amines) is 1. The Morgan fingerprint density at radius 1 is 1.03 bits per heavy atom. The smallest absolute Gasteiger partial charge is 0.382 e. The highest BCUT2D eigenvalue weighted by molar-refractivity contribution is 5.76. The van der Waals surface area contributed by atoms with E-state index in [2.05, 4.69) is 51.3 Å². The van der Waals surface area contributed by atoms with Crippen LogP contribution in [0.1, 0.15) is 36.9 Å². The second-order valence-electron chi connectivity index (χ2n) is 9.49. The summed E-state index contributed by atoms with van der Waals surface area (Å²) in [6, 6.07) is 11.3. The number of hydrogen-bond acceptors (Lipinski definition) is 5. The minimum absolute atomic E-state index is 0.0425. The molecule has 0 radical (unpaired) electrons. The number of nitrogens with one attached hydrogen (secondary N) is 1. The summed E-state index contributed by atoms with van der Waals surface area (Å²) < 4.78 is 38.7. The van der Waals surface area contributed by atoms with Gasteiger partial charge in [0, 0.05) is 69.3 Å². The standard InChI is InChI=1S/C26H34F3N5O/c1-20-3-5-23(6-4-20)33-13-2-12-32(17-18-33)14-10-25(35)34-15-8-21(9-16-34)31-22-7-11-30-24(19-22)26(27,28)29/h3-7,11,19,21H,2,8-10,12-18H2,1H3,(H,30,31). The Hall–Kier alpha value is -2.81. The minimum atomic E-state index is -4.46. The largest absolute Gasteiger partial charge is 0.433 e. The summed E-state index contributed by atoms with van der Waals surface area (Å²) in [5.74, 6) is 0.159. The summed E-state index contributed by atoms with van der Waals surface area (Å²) in [4.78, 5) is 22.9. The number of carbonyl (C=O) groups excluding carboxylic acids is 1. The van der Waals surface area contributed by atoms with E-state index in [1.807, 2.05) is 4.90 Å². The SMILES string of the molecule is Cc1ccc(N2CCCN(CCC(=O)N3CCC(Nc4ccnc(C(F)(F)F)c4)CC3)CC2)cc1. The van der Waals surface area contributed by atoms with Crippen LogP contribution in [0, 0.1) is 6.92 Å². The molecule has 1 amide bonds. The molecule has 0 saturated carbocycles. The van der Waals surface area contributed by atoms with Crippen molar-refractivity contribution in [2.24, 2.45) is 0 Å². The van der Waals surface area contributed by atoms with E-state index in [1.165, 1.54) is 17.4 Å². The third-order valence-corrected chi connectivity index (χ3v) is 6.90. The average Bonchev–Trinajstić information content (AvgIpc) is 3.09. The van der Waals surface area contributed by atoms with Crippen LogP contribution in [-0.2, 0) is 11.0 Å². The number of rotatable bonds is 6. The normalized spacial score (nSPS) is 18.4. The van der Waals surface area contributed by atoms with Crippen molar-refractivity contribution in [1.82, 2.24) is 14.8 Å². The second-order valence-corrected chi connectivity index (χ2v) is 9.49. The number of carbonyl (C=O) groups is 1. The molecule has 0 aliphatic carbocycles. The number of aryl methyl sites for hydroxylation is 1. The molecular formula is C26H34F3N5O. The number of aromatic nitrogens is 1. The number of pyridine rings is 1. The fourth-order valence-corrected chi connectivity index (χ4v) is 4.80. The first-order chi connectivity index (χ1) is 16.8. The third kappa shape index (κ3) is 7.10. The van der Waals surface area contributed by atoms with Crippen molar-refractivity contribution in [1.29, 1.82) is 0 Å². The summed E-state index contributed by atoms with van der Waals surface area (Å²) in [5.41, 5.74) is 2.03. The van der Waals surface area contributed by atoms with E-state index in [1.54, 1.807) is 6.07 Å². The van der Waals surface area contributed by atoms with Gasteiger partial charge in [-0.25, -0.2) is 0 Å². The molecule has 3 heterocycles. The van der Waals surface area contributed by atoms with Crippen LogP contribution in [0.4, 0.5) is 24.5 Å². The predicted molar refractivity (Wildman–Crippen MR) is 132 cm³/mol. The number of hydrogen-bond donors (Lipinski definition) is 1. The molecule has 2 aliphatic heterocycles. The first kappa shape index (κ1) is 25.3. The van der Waals surface area contributed by atoms with Gasteiger partial charge in [0.05, 0.1) is 0 Å². The molecule has 9 heteroatoms. The predicted octanol–water partition coefficient (Wildman–Crippen LogP) is 4.41. The van der Waals surface area contributed by atoms with Gasteiger partial charge in [-0.2, -0.15) is 13.2 Å². The van der Waals surface area contributed by atoms with Crippen molar-refractivity contribution in [2.45, 2.75) is 44.8 Å². The second kappa shape index (κ2) is 11.3. The van der Waals surface area contributed by atoms with Gasteiger partial charge in [-0.15, -0.1) is 0 Å². The van der Waals surface area contributed by atoms with Crippen LogP contribution in [0.15, 0.2) is 42.6 Å². The van der Waals surface area contributed by atoms with E-state index < -0.39 is 11.9 Å². The lowest BCUT2D eigenvalue weighted by atomic mass is 10.0. The zero-order valence-electron chi connectivity index (χ0n) is 20.2. The summed E-state index contributed by atoms with van der Waals surface area (Å²) >= 11 is 0. The molecule has 6 nitrogen and oxygen atoms in total. The number of amides is 1. The molecule has 0 atom stereocenters. The van der Waals surface area contributed by atoms with Crippen molar-refractivity contribution < 1.29 is 18.0 Å². The van der Waals surface area contributed by atoms with E-state index in [9.17, 15) is 18.0 Å². The number of anilines is 2. The molecule has 2 aromatic rings. The third-order valence-electron chi connectivity index (χ3n) is 6.90. The van der Waals surface area contributed by atoms with Gasteiger partial charge in [0.2, 0.25) is 5.91 Å². The Bertz CT molecular complexity index is 974. The molecule has 35 heavy (non-hydrogen) atoms. The van der Waals surface area contributed by atoms with E-state index in [-0.39, 0.29) is 11.9 Å². The summed E-state index contributed by atoms with van der Waals surface area (Å²) in [7, 11) is 0. The highest BCUT2D eigenvalue weighted by atomic mass is 19.4. The van der Waals surface area contributed by atoms with Gasteiger partial charge >= 0.3 is 6.18 Å². The molecule has 1 aromatic carbocycles. The molecule has 2 saturated heterocycles. The van der Waals surface area contributed by atoms with E-state index in [4.69, 9.17) is 0 Å². The lowest BCUT2D eigenvalue weighted by molar-refractivity contribution is -0.141. The molecule has 190 valence electrons. The van der Waals surface area contributed by atoms with Gasteiger partial charge in [-0.05, 0) is 57.0 Å². The van der Waals surface area contributed by atoms with Gasteiger partial charge in [0.1, 0.15) is 5.69 Å². The van der Waals surface area contributed by atoms with Crippen molar-refractivity contribution in [3.63, 3.8) is 0 Å². The maximum atomic E-state index is 12.9. The van der Waals surface area contributed by atoms with Gasteiger partial charge in [-0.1, -0.05) is 17.7 Å². The maximum Gasteiger partial charge on any atom is 0.433 e. The summed E-state index contributed by atoms with van der Waals surface area (Å²) in [6.45, 7) is 8.01. The van der Waals surface area contributed by atoms with E-state index in [0.29, 0.717) is 38.0 Å². The van der Waals surface area contributed by atoms with Crippen molar-refractivity contribution in [3.8, 4) is 0 Å². The van der Waals surface area contributed by atoms with Gasteiger partial charge < -0.3 is 20.0 Å². The number of halogens is 3. The zero-order valence-corrected chi connectivity index (χ0v) is 20.2. The Kier molecular flexibility index (Phi) is 8.15. The van der Waals surface area contributed by atoms with E-state index in [0.717, 1.165) is 45.2 Å². The lowest BCUT2D eigenvalue weighted by Crippen LogP contribution is -2.43. The molecule has 1 aromatic heterocycles. The number of benzene rings is 1. The Morgan fingerprint density at radius 2 is 1.77 bits per heavy atom. The van der Waals surface area contributed by atoms with Crippen LogP contribution in [0.3, 0.4) is 0 Å². The fraction of sp³-hybridized carbons (Fsp3) is 0.538. The van der Waals surface area contributed by atoms with Crippen LogP contribution in [0.5, 0.6) is 0 Å². The van der Waals surface area contributed by atoms with Gasteiger partial charge in [0.25, 0.3) is 0 Å². The van der Waals surface area contributed by atoms with Crippen molar-refractivity contribution in [3.05, 3.63) is 53.9 Å². The number of piperidine rings is 1. The first-order valence-corrected chi connectivity index (χ1v) is 12.4. The fourth-order valence-electron chi connectivity index (χ4n) is 4.80. The molecule has 1 N–H and O–H groups in total. The first-order valence-electron chi connectivity index (χ1n) is 12.4. The molecule has 2 fully saturated rings. The number of nitrogens with zero attached hydrogens (tertiary/aromatic N) is 4. The lowest BCUT2D eigenvalue weighted by Gasteiger charge is -2.33. The quantitative estimate of drug-likeness (QED) is 0.651. The topological polar surface area (TPSA) is 51.7 Å². The molecule has 0 bridgehead atoms. The molecule has 0 unspecified atom stereocenters. The molecule has 0 spiro atoms. The van der Waals surface area contributed by atoms with Gasteiger partial charge in [-0.3, -0.25) is 9.78 Å². The van der Waals surface area contributed by atoms with E-state index >= 15 is 0 Å². The van der Waals surface area contributed by atoms with Crippen LogP contribution in [0.2, 0.25) is 0 Å². The zero-order chi connectivity index (χ0) is 24.8. The van der Waals surface area contributed by atoms with Crippen molar-refractivity contribution in [2.75, 3.05) is 56.0 Å². The van der Waals surface area contributed by atoms with Crippen molar-refractivity contribution >= 4 is 17.3 Å². The maximum absolute atomic E-state index is 12.9. The van der Waals surface area contributed by atoms with Gasteiger partial charge in [0.15, 0.2) is 0 Å². The highest BCUT2D eigenvalue weighted by Crippen LogP contribution is 2.29. The minimum Gasteiger partial charge on any atom is -0.382 e. The molecule has 4 rings (SSSR count). The average molecular weight is 490 g/mol. The Labute approximate surface area is 205 Å². The highest BCUT2D eigenvalue weighted by Gasteiger charge is 2.32. The van der Waals surface area contributed by atoms with Crippen LogP contribution >= 0.6 is 0 Å².